The molecule has 19 heavy (non-hydrogen) atoms. The van der Waals surface area contributed by atoms with E-state index in [0.29, 0.717) is 24.9 Å². The molecule has 6 heteroatoms. The molecule has 1 heterocycles. The van der Waals surface area contributed by atoms with Crippen molar-refractivity contribution in [1.82, 2.24) is 4.31 Å². The number of benzene rings is 1. The van der Waals surface area contributed by atoms with Gasteiger partial charge in [0, 0.05) is 12.1 Å². The molecule has 0 bridgehead atoms. The van der Waals surface area contributed by atoms with Crippen LogP contribution in [0.25, 0.3) is 0 Å². The Kier molecular flexibility index (Phi) is 3.69. The molecule has 5 nitrogen and oxygen atoms in total. The maximum absolute atomic E-state index is 12.4. The molecule has 0 spiro atoms. The second-order valence-corrected chi connectivity index (χ2v) is 6.38. The summed E-state index contributed by atoms with van der Waals surface area (Å²) in [5.41, 5.74) is 0.355. The van der Waals surface area contributed by atoms with Gasteiger partial charge in [0.25, 0.3) is 0 Å². The Morgan fingerprint density at radius 2 is 2.21 bits per heavy atom. The molecule has 1 aromatic carbocycles. The number of nitriles is 1. The van der Waals surface area contributed by atoms with Gasteiger partial charge in [-0.2, -0.15) is 9.57 Å². The fraction of sp³-hybridized carbons (Fsp3) is 0.385. The van der Waals surface area contributed by atoms with Crippen LogP contribution in [0.4, 0.5) is 0 Å². The number of rotatable bonds is 3. The average molecular weight is 278 g/mol. The fourth-order valence-corrected chi connectivity index (χ4v) is 3.82. The number of hydrogen-bond donors (Lipinski definition) is 0. The summed E-state index contributed by atoms with van der Waals surface area (Å²) in [7, 11) is -3.70. The summed E-state index contributed by atoms with van der Waals surface area (Å²) in [6.07, 6.45) is 1.24. The smallest absolute Gasteiger partial charge is 0.244 e. The minimum Gasteiger partial charge on any atom is -0.295 e. The monoisotopic (exact) mass is 278 g/mol. The molecule has 0 N–H and O–H groups in total. The van der Waals surface area contributed by atoms with Crippen LogP contribution >= 0.6 is 0 Å². The summed E-state index contributed by atoms with van der Waals surface area (Å²) in [6.45, 7) is 1.74. The van der Waals surface area contributed by atoms with E-state index in [1.165, 1.54) is 23.4 Å². The molecule has 0 aliphatic carbocycles. The highest BCUT2D eigenvalue weighted by Gasteiger charge is 2.35. The first-order valence-electron chi connectivity index (χ1n) is 5.99. The van der Waals surface area contributed by atoms with E-state index in [1.807, 2.05) is 6.07 Å². The highest BCUT2D eigenvalue weighted by molar-refractivity contribution is 7.89. The quantitative estimate of drug-likeness (QED) is 0.786. The molecule has 0 saturated carbocycles. The Morgan fingerprint density at radius 1 is 1.47 bits per heavy atom. The number of hydrogen-bond acceptors (Lipinski definition) is 4. The minimum atomic E-state index is -3.70. The van der Waals surface area contributed by atoms with Gasteiger partial charge < -0.3 is 0 Å². The van der Waals surface area contributed by atoms with Gasteiger partial charge in [-0.15, -0.1) is 0 Å². The molecule has 1 atom stereocenters. The maximum atomic E-state index is 12.4. The van der Waals surface area contributed by atoms with Crippen molar-refractivity contribution in [2.24, 2.45) is 0 Å². The van der Waals surface area contributed by atoms with Gasteiger partial charge in [0.1, 0.15) is 6.04 Å². The largest absolute Gasteiger partial charge is 0.295 e. The van der Waals surface area contributed by atoms with Crippen LogP contribution in [-0.4, -0.2) is 31.1 Å². The summed E-state index contributed by atoms with van der Waals surface area (Å²) < 4.78 is 26.1. The topological polar surface area (TPSA) is 78.2 Å². The van der Waals surface area contributed by atoms with Crippen LogP contribution < -0.4 is 0 Å². The Bertz CT molecular complexity index is 646. The van der Waals surface area contributed by atoms with Crippen molar-refractivity contribution in [3.63, 3.8) is 0 Å². The van der Waals surface area contributed by atoms with E-state index in [4.69, 9.17) is 5.26 Å². The molecule has 1 unspecified atom stereocenters. The molecule has 1 aliphatic rings. The van der Waals surface area contributed by atoms with E-state index in [2.05, 4.69) is 0 Å². The van der Waals surface area contributed by atoms with Gasteiger partial charge in [0.2, 0.25) is 10.0 Å². The van der Waals surface area contributed by atoms with E-state index in [0.717, 1.165) is 0 Å². The molecule has 0 amide bonds. The summed E-state index contributed by atoms with van der Waals surface area (Å²) in [4.78, 5) is 11.4. The third-order valence-electron chi connectivity index (χ3n) is 3.20. The lowest BCUT2D eigenvalue weighted by Crippen LogP contribution is -2.34. The van der Waals surface area contributed by atoms with Crippen LogP contribution in [0.15, 0.2) is 29.2 Å². The number of ketones is 1. The van der Waals surface area contributed by atoms with Crippen molar-refractivity contribution in [1.29, 1.82) is 5.26 Å². The van der Waals surface area contributed by atoms with Crippen LogP contribution in [0, 0.1) is 11.3 Å². The Balaban J connectivity index is 2.43. The molecule has 1 fully saturated rings. The van der Waals surface area contributed by atoms with Gasteiger partial charge in [0.15, 0.2) is 5.78 Å². The van der Waals surface area contributed by atoms with Crippen molar-refractivity contribution in [3.8, 4) is 6.07 Å². The summed E-state index contributed by atoms with van der Waals surface area (Å²) in [5, 5.41) is 8.98. The minimum absolute atomic E-state index is 0.0716. The first-order chi connectivity index (χ1) is 8.96. The van der Waals surface area contributed by atoms with Crippen molar-refractivity contribution in [2.75, 3.05) is 6.54 Å². The van der Waals surface area contributed by atoms with Crippen molar-refractivity contribution < 1.29 is 13.2 Å². The molecular weight excluding hydrogens is 264 g/mol. The number of Topliss-reactive ketones (excluding diaryl/α,β-unsaturated/α-hetero) is 1. The lowest BCUT2D eigenvalue weighted by Gasteiger charge is -2.19. The Labute approximate surface area is 112 Å². The maximum Gasteiger partial charge on any atom is 0.244 e. The zero-order chi connectivity index (χ0) is 14.0. The number of nitrogens with zero attached hydrogens (tertiary/aromatic N) is 2. The van der Waals surface area contributed by atoms with Crippen molar-refractivity contribution >= 4 is 15.8 Å². The zero-order valence-corrected chi connectivity index (χ0v) is 11.4. The van der Waals surface area contributed by atoms with E-state index >= 15 is 0 Å². The Hall–Kier alpha value is -1.71. The van der Waals surface area contributed by atoms with E-state index in [-0.39, 0.29) is 10.7 Å². The number of carbonyl (C=O) groups is 1. The van der Waals surface area contributed by atoms with E-state index in [9.17, 15) is 13.2 Å². The number of sulfonamides is 1. The molecule has 0 aromatic heterocycles. The van der Waals surface area contributed by atoms with Gasteiger partial charge in [-0.05, 0) is 31.9 Å². The first kappa shape index (κ1) is 13.7. The lowest BCUT2D eigenvalue weighted by molar-refractivity contribution is 0.101. The summed E-state index contributed by atoms with van der Waals surface area (Å²) in [6, 6.07) is 7.34. The van der Waals surface area contributed by atoms with Gasteiger partial charge >= 0.3 is 0 Å². The molecular formula is C13H14N2O3S. The van der Waals surface area contributed by atoms with Crippen LogP contribution in [0.5, 0.6) is 0 Å². The van der Waals surface area contributed by atoms with Crippen LogP contribution in [0.3, 0.4) is 0 Å². The number of carbonyl (C=O) groups excluding carboxylic acids is 1. The highest BCUT2D eigenvalue weighted by atomic mass is 32.2. The summed E-state index contributed by atoms with van der Waals surface area (Å²) in [5.74, 6) is -0.185. The molecule has 1 aromatic rings. The third kappa shape index (κ3) is 2.53. The van der Waals surface area contributed by atoms with Gasteiger partial charge in [-0.25, -0.2) is 8.42 Å². The Morgan fingerprint density at radius 3 is 2.84 bits per heavy atom. The second-order valence-electron chi connectivity index (χ2n) is 4.49. The van der Waals surface area contributed by atoms with Crippen molar-refractivity contribution in [3.05, 3.63) is 29.8 Å². The predicted octanol–water partition coefficient (Wildman–Crippen LogP) is 1.57. The average Bonchev–Trinajstić information content (AvgIpc) is 2.88. The molecule has 100 valence electrons. The summed E-state index contributed by atoms with van der Waals surface area (Å²) >= 11 is 0. The SMILES string of the molecule is CC(=O)c1cccc(S(=O)(=O)N2CCCC2C#N)c1. The third-order valence-corrected chi connectivity index (χ3v) is 5.10. The lowest BCUT2D eigenvalue weighted by atomic mass is 10.2. The van der Waals surface area contributed by atoms with Crippen molar-refractivity contribution in [2.45, 2.75) is 30.7 Å². The van der Waals surface area contributed by atoms with Crippen LogP contribution in [0.2, 0.25) is 0 Å². The van der Waals surface area contributed by atoms with Gasteiger partial charge in [-0.1, -0.05) is 12.1 Å². The molecule has 0 radical (unpaired) electrons. The normalized spacial score (nSPS) is 20.1. The fourth-order valence-electron chi connectivity index (χ4n) is 2.17. The zero-order valence-electron chi connectivity index (χ0n) is 10.5. The predicted molar refractivity (Wildman–Crippen MR) is 69.0 cm³/mol. The molecule has 1 saturated heterocycles. The second kappa shape index (κ2) is 5.11. The van der Waals surface area contributed by atoms with Gasteiger partial charge in [-0.3, -0.25) is 4.79 Å². The first-order valence-corrected chi connectivity index (χ1v) is 7.43. The van der Waals surface area contributed by atoms with Gasteiger partial charge in [0.05, 0.1) is 11.0 Å². The molecule has 2 rings (SSSR count). The standard InChI is InChI=1S/C13H14N2O3S/c1-10(16)11-4-2-6-13(8-11)19(17,18)15-7-3-5-12(15)9-14/h2,4,6,8,12H,3,5,7H2,1H3. The van der Waals surface area contributed by atoms with Crippen LogP contribution in [-0.2, 0) is 10.0 Å². The highest BCUT2D eigenvalue weighted by Crippen LogP contribution is 2.26. The van der Waals surface area contributed by atoms with E-state index < -0.39 is 16.1 Å². The van der Waals surface area contributed by atoms with Crippen LogP contribution in [0.1, 0.15) is 30.1 Å². The van der Waals surface area contributed by atoms with E-state index in [1.54, 1.807) is 12.1 Å². The molecule has 1 aliphatic heterocycles.